The number of fused-ring (bicyclic) bond motifs is 1. The Morgan fingerprint density at radius 1 is 1.45 bits per heavy atom. The molecule has 3 heterocycles. The summed E-state index contributed by atoms with van der Waals surface area (Å²) in [4.78, 5) is 18.1. The molecule has 0 amide bonds. The normalized spacial score (nSPS) is 10.9. The first-order valence-corrected chi connectivity index (χ1v) is 6.71. The summed E-state index contributed by atoms with van der Waals surface area (Å²) < 4.78 is 6.19. The van der Waals surface area contributed by atoms with E-state index in [4.69, 9.17) is 5.73 Å². The fraction of sp³-hybridized carbons (Fsp3) is 0.154. The van der Waals surface area contributed by atoms with Gasteiger partial charge < -0.3 is 10.5 Å². The molecule has 0 aliphatic rings. The van der Waals surface area contributed by atoms with Gasteiger partial charge in [0.25, 0.3) is 0 Å². The molecular formula is C13H12N4O2S. The van der Waals surface area contributed by atoms with Crippen molar-refractivity contribution in [2.75, 3.05) is 12.8 Å². The number of rotatable bonds is 2. The van der Waals surface area contributed by atoms with E-state index in [-0.39, 0.29) is 0 Å². The van der Waals surface area contributed by atoms with Gasteiger partial charge in [-0.15, -0.1) is 16.4 Å². The molecule has 0 saturated heterocycles. The number of aryl methyl sites for hydroxylation is 1. The molecule has 0 radical (unpaired) electrons. The summed E-state index contributed by atoms with van der Waals surface area (Å²) in [7, 11) is 1.32. The van der Waals surface area contributed by atoms with Crippen LogP contribution in [0.25, 0.3) is 16.3 Å². The van der Waals surface area contributed by atoms with Gasteiger partial charge in [-0.1, -0.05) is 0 Å². The van der Waals surface area contributed by atoms with Crippen molar-refractivity contribution < 1.29 is 9.53 Å². The van der Waals surface area contributed by atoms with Gasteiger partial charge in [0, 0.05) is 11.1 Å². The molecule has 0 aliphatic carbocycles. The second-order valence-electron chi connectivity index (χ2n) is 4.29. The maximum Gasteiger partial charge on any atom is 0.339 e. The molecule has 102 valence electrons. The molecule has 0 saturated carbocycles. The number of aromatic nitrogens is 3. The number of hydrogen-bond donors (Lipinski definition) is 1. The van der Waals surface area contributed by atoms with Crippen LogP contribution in [0, 0.1) is 6.92 Å². The Bertz CT molecular complexity index is 806. The number of nitrogen functional groups attached to an aromatic ring is 1. The smallest absolute Gasteiger partial charge is 0.339 e. The minimum atomic E-state index is -0.456. The third kappa shape index (κ3) is 2.01. The Hall–Kier alpha value is -2.41. The lowest BCUT2D eigenvalue weighted by atomic mass is 10.2. The molecule has 0 fully saturated rings. The molecule has 3 aromatic rings. The fourth-order valence-corrected chi connectivity index (χ4v) is 2.70. The zero-order valence-electron chi connectivity index (χ0n) is 11.0. The van der Waals surface area contributed by atoms with E-state index >= 15 is 0 Å². The van der Waals surface area contributed by atoms with Gasteiger partial charge in [-0.2, -0.15) is 0 Å². The number of hydrogen-bond acceptors (Lipinski definition) is 6. The van der Waals surface area contributed by atoms with Crippen molar-refractivity contribution in [3.8, 4) is 10.7 Å². The number of esters is 1. The number of thiophene rings is 1. The van der Waals surface area contributed by atoms with E-state index in [9.17, 15) is 4.79 Å². The van der Waals surface area contributed by atoms with Crippen molar-refractivity contribution in [2.45, 2.75) is 6.92 Å². The molecule has 0 spiro atoms. The maximum absolute atomic E-state index is 11.6. The van der Waals surface area contributed by atoms with Crippen LogP contribution in [0.2, 0.25) is 0 Å². The summed E-state index contributed by atoms with van der Waals surface area (Å²) in [6.45, 7) is 2.02. The molecule has 0 atom stereocenters. The monoisotopic (exact) mass is 288 g/mol. The van der Waals surface area contributed by atoms with Crippen LogP contribution in [0.1, 0.15) is 15.2 Å². The summed E-state index contributed by atoms with van der Waals surface area (Å²) in [5, 5.41) is 4.36. The minimum Gasteiger partial charge on any atom is -0.465 e. The number of anilines is 1. The van der Waals surface area contributed by atoms with Crippen LogP contribution >= 0.6 is 11.3 Å². The Labute approximate surface area is 118 Å². The number of ether oxygens (including phenoxy) is 1. The average molecular weight is 288 g/mol. The van der Waals surface area contributed by atoms with Gasteiger partial charge in [-0.05, 0) is 25.1 Å². The first kappa shape index (κ1) is 12.6. The predicted molar refractivity (Wildman–Crippen MR) is 76.8 cm³/mol. The summed E-state index contributed by atoms with van der Waals surface area (Å²) in [6, 6.07) is 5.51. The Morgan fingerprint density at radius 2 is 2.25 bits per heavy atom. The van der Waals surface area contributed by atoms with Crippen molar-refractivity contribution in [3.63, 3.8) is 0 Å². The fourth-order valence-electron chi connectivity index (χ4n) is 1.90. The second kappa shape index (κ2) is 4.61. The van der Waals surface area contributed by atoms with E-state index in [1.165, 1.54) is 16.5 Å². The molecule has 6 nitrogen and oxygen atoms in total. The molecule has 20 heavy (non-hydrogen) atoms. The van der Waals surface area contributed by atoms with Crippen LogP contribution in [0.4, 0.5) is 5.69 Å². The van der Waals surface area contributed by atoms with Crippen LogP contribution in [-0.4, -0.2) is 27.7 Å². The van der Waals surface area contributed by atoms with E-state index in [1.807, 2.05) is 19.1 Å². The summed E-state index contributed by atoms with van der Waals surface area (Å²) in [5.74, 6) is 0.138. The van der Waals surface area contributed by atoms with Gasteiger partial charge >= 0.3 is 5.97 Å². The van der Waals surface area contributed by atoms with Gasteiger partial charge in [0.05, 0.1) is 23.2 Å². The maximum atomic E-state index is 11.6. The second-order valence-corrected chi connectivity index (χ2v) is 5.58. The lowest BCUT2D eigenvalue weighted by molar-refractivity contribution is 0.0600. The molecule has 2 N–H and O–H groups in total. The van der Waals surface area contributed by atoms with E-state index in [0.717, 1.165) is 4.88 Å². The molecular weight excluding hydrogens is 276 g/mol. The zero-order chi connectivity index (χ0) is 14.3. The summed E-state index contributed by atoms with van der Waals surface area (Å²) in [6.07, 6.45) is 1.56. The summed E-state index contributed by atoms with van der Waals surface area (Å²) in [5.41, 5.74) is 7.18. The van der Waals surface area contributed by atoms with Crippen molar-refractivity contribution in [3.05, 3.63) is 34.8 Å². The standard InChI is InChI=1S/C13H12N4O2S/c1-7-3-4-10(20-7)11-15-12-9(14)5-8(13(18)19-2)6-17(12)16-11/h3-6H,14H2,1-2H3. The summed E-state index contributed by atoms with van der Waals surface area (Å²) >= 11 is 1.61. The van der Waals surface area contributed by atoms with Crippen molar-refractivity contribution in [1.29, 1.82) is 0 Å². The molecule has 7 heteroatoms. The van der Waals surface area contributed by atoms with E-state index in [0.29, 0.717) is 22.7 Å². The Kier molecular flexibility index (Phi) is 2.90. The van der Waals surface area contributed by atoms with Crippen molar-refractivity contribution >= 4 is 28.6 Å². The van der Waals surface area contributed by atoms with Gasteiger partial charge in [0.1, 0.15) is 0 Å². The van der Waals surface area contributed by atoms with Crippen LogP contribution in [0.15, 0.2) is 24.4 Å². The predicted octanol–water partition coefficient (Wildman–Crippen LogP) is 2.14. The van der Waals surface area contributed by atoms with E-state index < -0.39 is 5.97 Å². The van der Waals surface area contributed by atoms with Crippen LogP contribution in [0.5, 0.6) is 0 Å². The molecule has 0 aliphatic heterocycles. The molecule has 3 rings (SSSR count). The number of carbonyl (C=O) groups excluding carboxylic acids is 1. The van der Waals surface area contributed by atoms with E-state index in [1.54, 1.807) is 23.6 Å². The topological polar surface area (TPSA) is 82.5 Å². The average Bonchev–Trinajstić information content (AvgIpc) is 3.03. The Balaban J connectivity index is 2.15. The molecule has 0 aromatic carbocycles. The highest BCUT2D eigenvalue weighted by molar-refractivity contribution is 7.15. The number of methoxy groups -OCH3 is 1. The highest BCUT2D eigenvalue weighted by Gasteiger charge is 2.14. The lowest BCUT2D eigenvalue weighted by Crippen LogP contribution is -2.05. The van der Waals surface area contributed by atoms with E-state index in [2.05, 4.69) is 14.8 Å². The first-order chi connectivity index (χ1) is 9.58. The van der Waals surface area contributed by atoms with Crippen LogP contribution in [0.3, 0.4) is 0 Å². The molecule has 0 bridgehead atoms. The lowest BCUT2D eigenvalue weighted by Gasteiger charge is -2.01. The highest BCUT2D eigenvalue weighted by Crippen LogP contribution is 2.26. The quantitative estimate of drug-likeness (QED) is 0.730. The van der Waals surface area contributed by atoms with Crippen molar-refractivity contribution in [2.24, 2.45) is 0 Å². The largest absolute Gasteiger partial charge is 0.465 e. The van der Waals surface area contributed by atoms with Gasteiger partial charge in [0.2, 0.25) is 0 Å². The molecule has 0 unspecified atom stereocenters. The first-order valence-electron chi connectivity index (χ1n) is 5.89. The Morgan fingerprint density at radius 3 is 2.90 bits per heavy atom. The SMILES string of the molecule is COC(=O)c1cc(N)c2nc(-c3ccc(C)s3)nn2c1. The number of pyridine rings is 1. The third-order valence-electron chi connectivity index (χ3n) is 2.84. The number of nitrogens with zero attached hydrogens (tertiary/aromatic N) is 3. The van der Waals surface area contributed by atoms with Gasteiger partial charge in [-0.3, -0.25) is 0 Å². The van der Waals surface area contributed by atoms with Crippen LogP contribution in [-0.2, 0) is 4.74 Å². The zero-order valence-corrected chi connectivity index (χ0v) is 11.8. The third-order valence-corrected chi connectivity index (χ3v) is 3.84. The number of carbonyl (C=O) groups is 1. The van der Waals surface area contributed by atoms with Gasteiger partial charge in [0.15, 0.2) is 11.5 Å². The minimum absolute atomic E-state index is 0.344. The van der Waals surface area contributed by atoms with Crippen LogP contribution < -0.4 is 5.73 Å². The van der Waals surface area contributed by atoms with Gasteiger partial charge in [-0.25, -0.2) is 14.3 Å². The van der Waals surface area contributed by atoms with Crippen molar-refractivity contribution in [1.82, 2.24) is 14.6 Å². The number of nitrogens with two attached hydrogens (primary N) is 1. The highest BCUT2D eigenvalue weighted by atomic mass is 32.1. The molecule has 3 aromatic heterocycles.